The molecule has 2 N–H and O–H groups in total. The molecule has 1 aromatic heterocycles. The van der Waals surface area contributed by atoms with E-state index in [4.69, 9.17) is 0 Å². The zero-order chi connectivity index (χ0) is 16.2. The van der Waals surface area contributed by atoms with Crippen molar-refractivity contribution in [3.63, 3.8) is 0 Å². The van der Waals surface area contributed by atoms with Gasteiger partial charge in [-0.05, 0) is 49.2 Å². The minimum absolute atomic E-state index is 0.0603. The number of nitrogens with one attached hydrogen (secondary N) is 2. The van der Waals surface area contributed by atoms with E-state index < -0.39 is 0 Å². The smallest absolute Gasteiger partial charge is 0.243 e. The summed E-state index contributed by atoms with van der Waals surface area (Å²) < 4.78 is 1.13. The number of fused-ring (bicyclic) bond motifs is 1. The maximum atomic E-state index is 12.0. The molecule has 23 heavy (non-hydrogen) atoms. The summed E-state index contributed by atoms with van der Waals surface area (Å²) in [6.07, 6.45) is 0.995. The molecule has 1 heterocycles. The Labute approximate surface area is 139 Å². The molecule has 4 nitrogen and oxygen atoms in total. The van der Waals surface area contributed by atoms with E-state index >= 15 is 0 Å². The van der Waals surface area contributed by atoms with Crippen LogP contribution in [0.15, 0.2) is 42.5 Å². The fraction of sp³-hybridized carbons (Fsp3) is 0.222. The van der Waals surface area contributed by atoms with E-state index in [0.717, 1.165) is 33.0 Å². The SMILES string of the molecule is CCc1ccc(NC(=O)CNc2ccc3nc(C)sc3c2)cc1. The second-order valence-corrected chi connectivity index (χ2v) is 6.60. The monoisotopic (exact) mass is 325 g/mol. The van der Waals surface area contributed by atoms with Gasteiger partial charge in [-0.25, -0.2) is 4.98 Å². The number of hydrogen-bond acceptors (Lipinski definition) is 4. The summed E-state index contributed by atoms with van der Waals surface area (Å²) in [5.41, 5.74) is 4.01. The van der Waals surface area contributed by atoms with Crippen molar-refractivity contribution in [1.29, 1.82) is 0 Å². The topological polar surface area (TPSA) is 54.0 Å². The molecule has 1 amide bonds. The Bertz CT molecular complexity index is 824. The highest BCUT2D eigenvalue weighted by Gasteiger charge is 2.05. The van der Waals surface area contributed by atoms with E-state index in [2.05, 4.69) is 22.5 Å². The first-order valence-electron chi connectivity index (χ1n) is 7.64. The van der Waals surface area contributed by atoms with Crippen LogP contribution in [-0.2, 0) is 11.2 Å². The van der Waals surface area contributed by atoms with E-state index in [1.807, 2.05) is 49.4 Å². The standard InChI is InChI=1S/C18H19N3OS/c1-3-13-4-6-14(7-5-13)21-18(22)11-19-15-8-9-16-17(10-15)23-12(2)20-16/h4-10,19H,3,11H2,1-2H3,(H,21,22). The minimum Gasteiger partial charge on any atom is -0.376 e. The molecule has 0 saturated carbocycles. The van der Waals surface area contributed by atoms with Crippen molar-refractivity contribution < 1.29 is 4.79 Å². The Kier molecular flexibility index (Phi) is 4.57. The molecule has 5 heteroatoms. The highest BCUT2D eigenvalue weighted by atomic mass is 32.1. The molecule has 2 aromatic carbocycles. The van der Waals surface area contributed by atoms with E-state index in [0.29, 0.717) is 0 Å². The highest BCUT2D eigenvalue weighted by molar-refractivity contribution is 7.18. The van der Waals surface area contributed by atoms with Crippen LogP contribution in [0.3, 0.4) is 0 Å². The summed E-state index contributed by atoms with van der Waals surface area (Å²) >= 11 is 1.65. The lowest BCUT2D eigenvalue weighted by Crippen LogP contribution is -2.21. The van der Waals surface area contributed by atoms with Crippen LogP contribution in [0.5, 0.6) is 0 Å². The van der Waals surface area contributed by atoms with Crippen LogP contribution in [0.1, 0.15) is 17.5 Å². The van der Waals surface area contributed by atoms with Gasteiger partial charge in [0.15, 0.2) is 0 Å². The predicted molar refractivity (Wildman–Crippen MR) is 97.3 cm³/mol. The average Bonchev–Trinajstić information content (AvgIpc) is 2.93. The molecule has 0 aliphatic carbocycles. The van der Waals surface area contributed by atoms with Crippen molar-refractivity contribution in [1.82, 2.24) is 4.98 Å². The van der Waals surface area contributed by atoms with Gasteiger partial charge in [-0.1, -0.05) is 19.1 Å². The average molecular weight is 325 g/mol. The molecule has 0 aliphatic heterocycles. The molecule has 3 rings (SSSR count). The number of anilines is 2. The van der Waals surface area contributed by atoms with Crippen molar-refractivity contribution >= 4 is 38.8 Å². The summed E-state index contributed by atoms with van der Waals surface area (Å²) in [7, 11) is 0. The van der Waals surface area contributed by atoms with Crippen molar-refractivity contribution in [2.24, 2.45) is 0 Å². The number of carbonyl (C=O) groups excluding carboxylic acids is 1. The van der Waals surface area contributed by atoms with E-state index in [9.17, 15) is 4.79 Å². The maximum absolute atomic E-state index is 12.0. The van der Waals surface area contributed by atoms with Gasteiger partial charge in [0.25, 0.3) is 0 Å². The largest absolute Gasteiger partial charge is 0.376 e. The molecule has 0 saturated heterocycles. The van der Waals surface area contributed by atoms with Gasteiger partial charge in [-0.3, -0.25) is 4.79 Å². The van der Waals surface area contributed by atoms with Crippen LogP contribution >= 0.6 is 11.3 Å². The van der Waals surface area contributed by atoms with Gasteiger partial charge < -0.3 is 10.6 Å². The van der Waals surface area contributed by atoms with Gasteiger partial charge in [-0.2, -0.15) is 0 Å². The first-order valence-corrected chi connectivity index (χ1v) is 8.45. The van der Waals surface area contributed by atoms with Crippen LogP contribution in [0.25, 0.3) is 10.2 Å². The summed E-state index contributed by atoms with van der Waals surface area (Å²) in [4.78, 5) is 16.5. The fourth-order valence-corrected chi connectivity index (χ4v) is 3.23. The molecule has 0 fully saturated rings. The molecule has 0 spiro atoms. The Balaban J connectivity index is 1.58. The fourth-order valence-electron chi connectivity index (χ4n) is 2.36. The van der Waals surface area contributed by atoms with Crippen molar-refractivity contribution in [3.8, 4) is 0 Å². The number of carbonyl (C=O) groups is 1. The molecule has 0 aliphatic rings. The number of hydrogen-bond donors (Lipinski definition) is 2. The van der Waals surface area contributed by atoms with Crippen molar-refractivity contribution in [2.45, 2.75) is 20.3 Å². The van der Waals surface area contributed by atoms with Gasteiger partial charge >= 0.3 is 0 Å². The normalized spacial score (nSPS) is 10.7. The van der Waals surface area contributed by atoms with Crippen LogP contribution in [0, 0.1) is 6.92 Å². The second-order valence-electron chi connectivity index (χ2n) is 5.37. The molecule has 0 atom stereocenters. The summed E-state index contributed by atoms with van der Waals surface area (Å²) in [5, 5.41) is 7.10. The summed E-state index contributed by atoms with van der Waals surface area (Å²) in [6, 6.07) is 13.9. The number of aromatic nitrogens is 1. The lowest BCUT2D eigenvalue weighted by molar-refractivity contribution is -0.114. The zero-order valence-electron chi connectivity index (χ0n) is 13.2. The molecular formula is C18H19N3OS. The number of amides is 1. The molecule has 0 radical (unpaired) electrons. The highest BCUT2D eigenvalue weighted by Crippen LogP contribution is 2.24. The number of benzene rings is 2. The minimum atomic E-state index is -0.0603. The van der Waals surface area contributed by atoms with Crippen LogP contribution in [-0.4, -0.2) is 17.4 Å². The molecule has 118 valence electrons. The van der Waals surface area contributed by atoms with E-state index in [1.165, 1.54) is 5.56 Å². The van der Waals surface area contributed by atoms with Crippen LogP contribution < -0.4 is 10.6 Å². The number of rotatable bonds is 5. The van der Waals surface area contributed by atoms with Gasteiger partial charge in [0.2, 0.25) is 5.91 Å². The van der Waals surface area contributed by atoms with E-state index in [-0.39, 0.29) is 12.5 Å². The Morgan fingerprint density at radius 3 is 2.61 bits per heavy atom. The third-order valence-corrected chi connectivity index (χ3v) is 4.53. The number of thiazole rings is 1. The van der Waals surface area contributed by atoms with Gasteiger partial charge in [0.05, 0.1) is 21.8 Å². The molecular weight excluding hydrogens is 306 g/mol. The number of aryl methyl sites for hydroxylation is 2. The Morgan fingerprint density at radius 1 is 1.13 bits per heavy atom. The summed E-state index contributed by atoms with van der Waals surface area (Å²) in [6.45, 7) is 4.34. The maximum Gasteiger partial charge on any atom is 0.243 e. The predicted octanol–water partition coefficient (Wildman–Crippen LogP) is 4.22. The van der Waals surface area contributed by atoms with E-state index in [1.54, 1.807) is 11.3 Å². The third kappa shape index (κ3) is 3.87. The Morgan fingerprint density at radius 2 is 1.87 bits per heavy atom. The molecule has 0 unspecified atom stereocenters. The lowest BCUT2D eigenvalue weighted by Gasteiger charge is -2.08. The molecule has 3 aromatic rings. The number of nitrogens with zero attached hydrogens (tertiary/aromatic N) is 1. The van der Waals surface area contributed by atoms with Gasteiger partial charge in [0, 0.05) is 11.4 Å². The van der Waals surface area contributed by atoms with Crippen molar-refractivity contribution in [3.05, 3.63) is 53.0 Å². The first-order chi connectivity index (χ1) is 11.1. The van der Waals surface area contributed by atoms with Crippen molar-refractivity contribution in [2.75, 3.05) is 17.2 Å². The Hall–Kier alpha value is -2.40. The van der Waals surface area contributed by atoms with Gasteiger partial charge in [-0.15, -0.1) is 11.3 Å². The van der Waals surface area contributed by atoms with Crippen LogP contribution in [0.2, 0.25) is 0 Å². The van der Waals surface area contributed by atoms with Gasteiger partial charge in [0.1, 0.15) is 0 Å². The third-order valence-electron chi connectivity index (χ3n) is 3.59. The first kappa shape index (κ1) is 15.5. The molecule has 0 bridgehead atoms. The second kappa shape index (κ2) is 6.79. The quantitative estimate of drug-likeness (QED) is 0.738. The zero-order valence-corrected chi connectivity index (χ0v) is 14.0. The summed E-state index contributed by atoms with van der Waals surface area (Å²) in [5.74, 6) is -0.0603. The van der Waals surface area contributed by atoms with Crippen LogP contribution in [0.4, 0.5) is 11.4 Å². The lowest BCUT2D eigenvalue weighted by atomic mass is 10.1.